The van der Waals surface area contributed by atoms with Crippen molar-refractivity contribution in [1.82, 2.24) is 5.32 Å². The van der Waals surface area contributed by atoms with Gasteiger partial charge in [0.05, 0.1) is 6.61 Å². The first-order valence-electron chi connectivity index (χ1n) is 6.71. The van der Waals surface area contributed by atoms with Crippen LogP contribution in [0.2, 0.25) is 0 Å². The first-order valence-corrected chi connectivity index (χ1v) is 6.71. The summed E-state index contributed by atoms with van der Waals surface area (Å²) in [4.78, 5) is 12.1. The van der Waals surface area contributed by atoms with Gasteiger partial charge >= 0.3 is 6.18 Å². The Morgan fingerprint density at radius 1 is 1.48 bits per heavy atom. The van der Waals surface area contributed by atoms with Gasteiger partial charge in [-0.3, -0.25) is 4.79 Å². The number of hydrogen-bond acceptors (Lipinski definition) is 3. The average Bonchev–Trinajstić information content (AvgIpc) is 2.89. The molecular weight excluding hydrogens is 285 g/mol. The van der Waals surface area contributed by atoms with E-state index in [1.54, 1.807) is 19.1 Å². The zero-order chi connectivity index (χ0) is 15.5. The molecule has 2 N–H and O–H groups in total. The number of hydrogen-bond donors (Lipinski definition) is 2. The molecule has 1 amide bonds. The van der Waals surface area contributed by atoms with Crippen LogP contribution in [0.25, 0.3) is 0 Å². The Labute approximate surface area is 120 Å². The molecule has 7 heteroatoms. The zero-order valence-electron chi connectivity index (χ0n) is 11.6. The van der Waals surface area contributed by atoms with E-state index in [1.165, 1.54) is 12.1 Å². The Morgan fingerprint density at radius 2 is 2.24 bits per heavy atom. The van der Waals surface area contributed by atoms with Gasteiger partial charge in [0.25, 0.3) is 0 Å². The highest BCUT2D eigenvalue weighted by atomic mass is 19.4. The van der Waals surface area contributed by atoms with Crippen LogP contribution in [-0.2, 0) is 4.79 Å². The molecule has 0 saturated carbocycles. The van der Waals surface area contributed by atoms with Gasteiger partial charge in [0, 0.05) is 18.3 Å². The van der Waals surface area contributed by atoms with E-state index < -0.39 is 24.0 Å². The van der Waals surface area contributed by atoms with Crippen LogP contribution in [0.4, 0.5) is 18.9 Å². The molecule has 1 saturated heterocycles. The third kappa shape index (κ3) is 3.12. The second-order valence-corrected chi connectivity index (χ2v) is 4.92. The first kappa shape index (κ1) is 15.6. The molecule has 0 aromatic heterocycles. The summed E-state index contributed by atoms with van der Waals surface area (Å²) in [6.45, 7) is 2.02. The monoisotopic (exact) mass is 302 g/mol. The highest BCUT2D eigenvalue weighted by Crippen LogP contribution is 2.43. The molecule has 1 atom stereocenters. The van der Waals surface area contributed by atoms with E-state index >= 15 is 0 Å². The summed E-state index contributed by atoms with van der Waals surface area (Å²) in [5.74, 6) is -0.533. The summed E-state index contributed by atoms with van der Waals surface area (Å²) in [5, 5.41) is 4.96. The molecule has 1 aliphatic rings. The number of amides is 1. The Morgan fingerprint density at radius 3 is 2.81 bits per heavy atom. The predicted molar refractivity (Wildman–Crippen MR) is 72.2 cm³/mol. The van der Waals surface area contributed by atoms with Gasteiger partial charge in [-0.1, -0.05) is 6.07 Å². The minimum absolute atomic E-state index is 0.173. The summed E-state index contributed by atoms with van der Waals surface area (Å²) < 4.78 is 45.0. The molecule has 116 valence electrons. The van der Waals surface area contributed by atoms with Gasteiger partial charge in [0.2, 0.25) is 5.91 Å². The summed E-state index contributed by atoms with van der Waals surface area (Å²) in [7, 11) is 0. The fourth-order valence-electron chi connectivity index (χ4n) is 2.34. The molecule has 0 radical (unpaired) electrons. The minimum atomic E-state index is -4.59. The first-order chi connectivity index (χ1) is 9.89. The van der Waals surface area contributed by atoms with E-state index in [0.717, 1.165) is 0 Å². The summed E-state index contributed by atoms with van der Waals surface area (Å²) >= 11 is 0. The second-order valence-electron chi connectivity index (χ2n) is 4.92. The molecule has 1 aromatic carbocycles. The Bertz CT molecular complexity index is 511. The molecule has 1 heterocycles. The Balaban J connectivity index is 2.18. The molecule has 0 spiro atoms. The van der Waals surface area contributed by atoms with Gasteiger partial charge in [-0.05, 0) is 32.0 Å². The van der Waals surface area contributed by atoms with E-state index in [9.17, 15) is 18.0 Å². The standard InChI is InChI=1S/C14H17F3N2O2/c1-2-21-11-5-3-4-10(8-11)19-12(20)13(14(15,16)17)6-7-18-9-13/h3-5,8,18H,2,6-7,9H2,1H3,(H,19,20). The highest BCUT2D eigenvalue weighted by Gasteiger charge is 2.61. The van der Waals surface area contributed by atoms with E-state index in [1.807, 2.05) is 0 Å². The van der Waals surface area contributed by atoms with E-state index in [2.05, 4.69) is 10.6 Å². The summed E-state index contributed by atoms with van der Waals surface area (Å²) in [6, 6.07) is 6.34. The van der Waals surface area contributed by atoms with Crippen molar-refractivity contribution in [2.24, 2.45) is 5.41 Å². The minimum Gasteiger partial charge on any atom is -0.494 e. The lowest BCUT2D eigenvalue weighted by atomic mass is 9.85. The fourth-order valence-corrected chi connectivity index (χ4v) is 2.34. The number of carbonyl (C=O) groups is 1. The van der Waals surface area contributed by atoms with Crippen molar-refractivity contribution in [2.45, 2.75) is 19.5 Å². The molecule has 1 fully saturated rings. The van der Waals surface area contributed by atoms with Crippen LogP contribution in [-0.4, -0.2) is 31.8 Å². The third-order valence-corrected chi connectivity index (χ3v) is 3.54. The number of alkyl halides is 3. The third-order valence-electron chi connectivity index (χ3n) is 3.54. The van der Waals surface area contributed by atoms with Crippen LogP contribution in [0, 0.1) is 5.41 Å². The second kappa shape index (κ2) is 5.93. The number of nitrogens with one attached hydrogen (secondary N) is 2. The van der Waals surface area contributed by atoms with Crippen molar-refractivity contribution in [3.05, 3.63) is 24.3 Å². The molecule has 1 aliphatic heterocycles. The zero-order valence-corrected chi connectivity index (χ0v) is 11.6. The largest absolute Gasteiger partial charge is 0.494 e. The topological polar surface area (TPSA) is 50.4 Å². The number of anilines is 1. The van der Waals surface area contributed by atoms with Gasteiger partial charge in [-0.2, -0.15) is 13.2 Å². The molecule has 21 heavy (non-hydrogen) atoms. The van der Waals surface area contributed by atoms with Crippen molar-refractivity contribution >= 4 is 11.6 Å². The molecule has 1 aromatic rings. The van der Waals surface area contributed by atoms with Crippen LogP contribution >= 0.6 is 0 Å². The van der Waals surface area contributed by atoms with Crippen LogP contribution in [0.1, 0.15) is 13.3 Å². The number of halogens is 3. The maximum absolute atomic E-state index is 13.2. The van der Waals surface area contributed by atoms with Crippen molar-refractivity contribution < 1.29 is 22.7 Å². The van der Waals surface area contributed by atoms with Gasteiger partial charge < -0.3 is 15.4 Å². The molecular formula is C14H17F3N2O2. The maximum atomic E-state index is 13.2. The van der Waals surface area contributed by atoms with Crippen LogP contribution in [0.15, 0.2) is 24.3 Å². The SMILES string of the molecule is CCOc1cccc(NC(=O)C2(C(F)(F)F)CCNC2)c1. The Hall–Kier alpha value is -1.76. The summed E-state index contributed by atoms with van der Waals surface area (Å²) in [5.41, 5.74) is -2.07. The van der Waals surface area contributed by atoms with E-state index in [4.69, 9.17) is 4.74 Å². The van der Waals surface area contributed by atoms with Gasteiger partial charge in [0.1, 0.15) is 5.75 Å². The quantitative estimate of drug-likeness (QED) is 0.899. The molecule has 1 unspecified atom stereocenters. The smallest absolute Gasteiger partial charge is 0.404 e. The maximum Gasteiger partial charge on any atom is 0.404 e. The Kier molecular flexibility index (Phi) is 4.41. The van der Waals surface area contributed by atoms with Gasteiger partial charge in [-0.25, -0.2) is 0 Å². The normalized spacial score (nSPS) is 22.1. The molecule has 4 nitrogen and oxygen atoms in total. The number of benzene rings is 1. The molecule has 0 aliphatic carbocycles. The number of ether oxygens (including phenoxy) is 1. The van der Waals surface area contributed by atoms with Crippen molar-refractivity contribution in [3.63, 3.8) is 0 Å². The van der Waals surface area contributed by atoms with Crippen LogP contribution in [0.5, 0.6) is 5.75 Å². The molecule has 2 rings (SSSR count). The van der Waals surface area contributed by atoms with Crippen molar-refractivity contribution in [1.29, 1.82) is 0 Å². The highest BCUT2D eigenvalue weighted by molar-refractivity contribution is 5.96. The predicted octanol–water partition coefficient (Wildman–Crippen LogP) is 2.57. The van der Waals surface area contributed by atoms with Crippen molar-refractivity contribution in [2.75, 3.05) is 25.0 Å². The van der Waals surface area contributed by atoms with Gasteiger partial charge in [-0.15, -0.1) is 0 Å². The van der Waals surface area contributed by atoms with Crippen LogP contribution in [0.3, 0.4) is 0 Å². The number of carbonyl (C=O) groups excluding carboxylic acids is 1. The average molecular weight is 302 g/mol. The van der Waals surface area contributed by atoms with Crippen molar-refractivity contribution in [3.8, 4) is 5.75 Å². The fraction of sp³-hybridized carbons (Fsp3) is 0.500. The van der Waals surface area contributed by atoms with Crippen LogP contribution < -0.4 is 15.4 Å². The summed E-state index contributed by atoms with van der Waals surface area (Å²) in [6.07, 6.45) is -4.84. The lowest BCUT2D eigenvalue weighted by molar-refractivity contribution is -0.213. The molecule has 0 bridgehead atoms. The van der Waals surface area contributed by atoms with Gasteiger partial charge in [0.15, 0.2) is 5.41 Å². The van der Waals surface area contributed by atoms with E-state index in [-0.39, 0.29) is 13.0 Å². The number of rotatable bonds is 4. The lowest BCUT2D eigenvalue weighted by Gasteiger charge is -2.29. The lowest BCUT2D eigenvalue weighted by Crippen LogP contribution is -2.49. The van der Waals surface area contributed by atoms with E-state index in [0.29, 0.717) is 18.0 Å².